The van der Waals surface area contributed by atoms with Gasteiger partial charge < -0.3 is 9.64 Å². The molecule has 2 bridgehead atoms. The molecule has 2 saturated heterocycles. The summed E-state index contributed by atoms with van der Waals surface area (Å²) in [4.78, 5) is 16.8. The van der Waals surface area contributed by atoms with Crippen molar-refractivity contribution in [1.29, 1.82) is 0 Å². The van der Waals surface area contributed by atoms with Gasteiger partial charge in [-0.1, -0.05) is 18.2 Å². The number of likely N-dealkylation sites (N-methyl/N-ethyl adjacent to an activating group) is 1. The summed E-state index contributed by atoms with van der Waals surface area (Å²) in [6, 6.07) is 6.95. The number of ether oxygens (including phenoxy) is 1. The molecule has 2 atom stereocenters. The number of amides is 1. The van der Waals surface area contributed by atoms with Gasteiger partial charge in [-0.05, 0) is 25.1 Å². The first-order valence-electron chi connectivity index (χ1n) is 7.92. The molecule has 2 heterocycles. The molecular formula is C17H23FN2O2. The molecule has 1 aromatic carbocycles. The fraction of sp³-hybridized carbons (Fsp3) is 0.588. The molecular weight excluding hydrogens is 283 g/mol. The molecule has 0 aromatic heterocycles. The molecule has 0 N–H and O–H groups in total. The second-order valence-corrected chi connectivity index (χ2v) is 6.39. The molecule has 0 saturated carbocycles. The van der Waals surface area contributed by atoms with Crippen LogP contribution in [-0.4, -0.2) is 61.6 Å². The third-order valence-electron chi connectivity index (χ3n) is 4.66. The normalized spacial score (nSPS) is 25.8. The molecule has 1 aromatic rings. The maximum Gasteiger partial charge on any atom is 0.222 e. The van der Waals surface area contributed by atoms with E-state index in [1.165, 1.54) is 6.07 Å². The first-order valence-corrected chi connectivity index (χ1v) is 7.92. The molecule has 0 spiro atoms. The van der Waals surface area contributed by atoms with Gasteiger partial charge in [0, 0.05) is 32.0 Å². The molecule has 4 nitrogen and oxygen atoms in total. The molecule has 2 aliphatic heterocycles. The van der Waals surface area contributed by atoms with Gasteiger partial charge in [0.2, 0.25) is 5.91 Å². The molecule has 3 rings (SSSR count). The van der Waals surface area contributed by atoms with Gasteiger partial charge in [0.15, 0.2) is 0 Å². The van der Waals surface area contributed by atoms with E-state index in [0.717, 1.165) is 19.7 Å². The highest BCUT2D eigenvalue weighted by atomic mass is 19.1. The predicted octanol–water partition coefficient (Wildman–Crippen LogP) is 1.55. The van der Waals surface area contributed by atoms with E-state index in [-0.39, 0.29) is 17.8 Å². The van der Waals surface area contributed by atoms with Crippen LogP contribution in [0.5, 0.6) is 0 Å². The van der Waals surface area contributed by atoms with Gasteiger partial charge >= 0.3 is 0 Å². The minimum absolute atomic E-state index is 0.121. The molecule has 120 valence electrons. The molecule has 22 heavy (non-hydrogen) atoms. The lowest BCUT2D eigenvalue weighted by Crippen LogP contribution is -2.44. The Kier molecular flexibility index (Phi) is 4.74. The standard InChI is InChI=1S/C17H23FN2O2/c1-19-8-13-9-20(10-15(19)12-22-11-13)17(21)7-6-14-4-2-3-5-16(14)18/h2-5,13,15H,6-12H2,1H3/t13-,15+/m1/s1. The van der Waals surface area contributed by atoms with Gasteiger partial charge in [0.25, 0.3) is 0 Å². The average Bonchev–Trinajstić information content (AvgIpc) is 2.74. The van der Waals surface area contributed by atoms with E-state index in [1.807, 2.05) is 11.0 Å². The highest BCUT2D eigenvalue weighted by molar-refractivity contribution is 5.76. The smallest absolute Gasteiger partial charge is 0.222 e. The van der Waals surface area contributed by atoms with Crippen LogP contribution in [0.3, 0.4) is 0 Å². The van der Waals surface area contributed by atoms with Crippen LogP contribution >= 0.6 is 0 Å². The molecule has 1 amide bonds. The van der Waals surface area contributed by atoms with E-state index in [4.69, 9.17) is 4.74 Å². The van der Waals surface area contributed by atoms with E-state index in [9.17, 15) is 9.18 Å². The first kappa shape index (κ1) is 15.4. The van der Waals surface area contributed by atoms with Crippen molar-refractivity contribution < 1.29 is 13.9 Å². The van der Waals surface area contributed by atoms with Crippen LogP contribution in [0.2, 0.25) is 0 Å². The minimum atomic E-state index is -0.226. The summed E-state index contributed by atoms with van der Waals surface area (Å²) in [6.07, 6.45) is 0.828. The summed E-state index contributed by atoms with van der Waals surface area (Å²) in [6.45, 7) is 3.84. The second kappa shape index (κ2) is 6.75. The van der Waals surface area contributed by atoms with E-state index >= 15 is 0 Å². The van der Waals surface area contributed by atoms with Crippen LogP contribution in [0.15, 0.2) is 24.3 Å². The number of rotatable bonds is 3. The Morgan fingerprint density at radius 1 is 1.27 bits per heavy atom. The summed E-state index contributed by atoms with van der Waals surface area (Å²) >= 11 is 0. The number of halogens is 1. The quantitative estimate of drug-likeness (QED) is 0.849. The van der Waals surface area contributed by atoms with Gasteiger partial charge in [-0.3, -0.25) is 9.69 Å². The van der Waals surface area contributed by atoms with Gasteiger partial charge in [-0.15, -0.1) is 0 Å². The van der Waals surface area contributed by atoms with Crippen molar-refractivity contribution in [2.75, 3.05) is 39.9 Å². The predicted molar refractivity (Wildman–Crippen MR) is 82.0 cm³/mol. The summed E-state index contributed by atoms with van der Waals surface area (Å²) in [5, 5.41) is 0. The van der Waals surface area contributed by atoms with Crippen LogP contribution in [0.25, 0.3) is 0 Å². The summed E-state index contributed by atoms with van der Waals surface area (Å²) in [7, 11) is 2.10. The Hall–Kier alpha value is -1.46. The fourth-order valence-corrected chi connectivity index (χ4v) is 3.35. The Morgan fingerprint density at radius 3 is 2.91 bits per heavy atom. The SMILES string of the molecule is CN1C[C@H]2COC[C@@H]1CN(C(=O)CCc1ccccc1F)C2. The molecule has 5 heteroatoms. The number of hydrogen-bond donors (Lipinski definition) is 0. The van der Waals surface area contributed by atoms with E-state index < -0.39 is 0 Å². The first-order chi connectivity index (χ1) is 10.6. The largest absolute Gasteiger partial charge is 0.379 e. The molecule has 0 radical (unpaired) electrons. The maximum absolute atomic E-state index is 13.6. The van der Waals surface area contributed by atoms with Gasteiger partial charge in [-0.25, -0.2) is 4.39 Å². The van der Waals surface area contributed by atoms with Crippen molar-refractivity contribution in [2.45, 2.75) is 18.9 Å². The molecule has 0 unspecified atom stereocenters. The molecule has 2 fully saturated rings. The van der Waals surface area contributed by atoms with Crippen molar-refractivity contribution in [1.82, 2.24) is 9.80 Å². The van der Waals surface area contributed by atoms with Crippen molar-refractivity contribution in [3.8, 4) is 0 Å². The number of carbonyl (C=O) groups excluding carboxylic acids is 1. The summed E-state index contributed by atoms with van der Waals surface area (Å²) in [5.41, 5.74) is 0.617. The number of nitrogens with zero attached hydrogens (tertiary/aromatic N) is 2. The van der Waals surface area contributed by atoms with Gasteiger partial charge in [0.1, 0.15) is 5.82 Å². The van der Waals surface area contributed by atoms with E-state index in [0.29, 0.717) is 37.5 Å². The lowest BCUT2D eigenvalue weighted by molar-refractivity contribution is -0.133. The Morgan fingerprint density at radius 2 is 2.09 bits per heavy atom. The number of hydrogen-bond acceptors (Lipinski definition) is 3. The topological polar surface area (TPSA) is 32.8 Å². The van der Waals surface area contributed by atoms with Crippen molar-refractivity contribution in [3.05, 3.63) is 35.6 Å². The zero-order valence-electron chi connectivity index (χ0n) is 13.0. The zero-order valence-corrected chi connectivity index (χ0v) is 13.0. The van der Waals surface area contributed by atoms with E-state index in [1.54, 1.807) is 12.1 Å². The van der Waals surface area contributed by atoms with Crippen LogP contribution < -0.4 is 0 Å². The van der Waals surface area contributed by atoms with Crippen LogP contribution in [0.1, 0.15) is 12.0 Å². The maximum atomic E-state index is 13.6. The minimum Gasteiger partial charge on any atom is -0.379 e. The lowest BCUT2D eigenvalue weighted by atomic mass is 10.1. The van der Waals surface area contributed by atoms with Crippen molar-refractivity contribution >= 4 is 5.91 Å². The Labute approximate surface area is 130 Å². The van der Waals surface area contributed by atoms with Gasteiger partial charge in [-0.2, -0.15) is 0 Å². The van der Waals surface area contributed by atoms with Crippen LogP contribution in [0, 0.1) is 11.7 Å². The second-order valence-electron chi connectivity index (χ2n) is 6.39. The molecule has 2 aliphatic rings. The lowest BCUT2D eigenvalue weighted by Gasteiger charge is -2.29. The van der Waals surface area contributed by atoms with Crippen LogP contribution in [0.4, 0.5) is 4.39 Å². The van der Waals surface area contributed by atoms with Gasteiger partial charge in [0.05, 0.1) is 19.3 Å². The molecule has 0 aliphatic carbocycles. The van der Waals surface area contributed by atoms with E-state index in [2.05, 4.69) is 11.9 Å². The zero-order chi connectivity index (χ0) is 15.5. The highest BCUT2D eigenvalue weighted by Crippen LogP contribution is 2.19. The Balaban J connectivity index is 1.61. The number of aryl methyl sites for hydroxylation is 1. The Bertz CT molecular complexity index is 537. The monoisotopic (exact) mass is 306 g/mol. The summed E-state index contributed by atoms with van der Waals surface area (Å²) in [5.74, 6) is 0.265. The third kappa shape index (κ3) is 3.47. The number of fused-ring (bicyclic) bond motifs is 3. The third-order valence-corrected chi connectivity index (χ3v) is 4.66. The fourth-order valence-electron chi connectivity index (χ4n) is 3.35. The summed E-state index contributed by atoms with van der Waals surface area (Å²) < 4.78 is 19.3. The van der Waals surface area contributed by atoms with Crippen LogP contribution in [-0.2, 0) is 16.0 Å². The number of benzene rings is 1. The number of carbonyl (C=O) groups is 1. The van der Waals surface area contributed by atoms with Crippen molar-refractivity contribution in [3.63, 3.8) is 0 Å². The highest BCUT2D eigenvalue weighted by Gasteiger charge is 2.33. The van der Waals surface area contributed by atoms with Crippen molar-refractivity contribution in [2.24, 2.45) is 5.92 Å². The average molecular weight is 306 g/mol.